The molecule has 2 N–H and O–H groups in total. The largest absolute Gasteiger partial charge is 0.459 e. The first kappa shape index (κ1) is 15.1. The molecule has 16 heavy (non-hydrogen) atoms. The standard InChI is InChI=1S/C12H23NO3/c1-12(2,3)16-11(15)10(9-14)7-5-4-6-8-13/h9-10H,4-8,13H2,1-3H3. The first-order valence-corrected chi connectivity index (χ1v) is 5.79. The van der Waals surface area contributed by atoms with Crippen molar-refractivity contribution in [3.05, 3.63) is 0 Å². The van der Waals surface area contributed by atoms with E-state index in [0.29, 0.717) is 19.3 Å². The third-order valence-corrected chi connectivity index (χ3v) is 2.09. The topological polar surface area (TPSA) is 69.4 Å². The van der Waals surface area contributed by atoms with Crippen LogP contribution in [0.2, 0.25) is 0 Å². The van der Waals surface area contributed by atoms with E-state index in [1.165, 1.54) is 0 Å². The van der Waals surface area contributed by atoms with E-state index >= 15 is 0 Å². The van der Waals surface area contributed by atoms with Crippen LogP contribution in [0, 0.1) is 5.92 Å². The Morgan fingerprint density at radius 2 is 1.94 bits per heavy atom. The summed E-state index contributed by atoms with van der Waals surface area (Å²) in [7, 11) is 0. The predicted molar refractivity (Wildman–Crippen MR) is 62.9 cm³/mol. The van der Waals surface area contributed by atoms with E-state index in [9.17, 15) is 9.59 Å². The summed E-state index contributed by atoms with van der Waals surface area (Å²) >= 11 is 0. The first-order chi connectivity index (χ1) is 7.40. The van der Waals surface area contributed by atoms with E-state index in [0.717, 1.165) is 19.3 Å². The molecule has 4 heteroatoms. The van der Waals surface area contributed by atoms with Gasteiger partial charge in [-0.05, 0) is 40.2 Å². The maximum absolute atomic E-state index is 11.6. The zero-order valence-electron chi connectivity index (χ0n) is 10.5. The van der Waals surface area contributed by atoms with Crippen molar-refractivity contribution in [3.8, 4) is 0 Å². The molecule has 0 spiro atoms. The third-order valence-electron chi connectivity index (χ3n) is 2.09. The monoisotopic (exact) mass is 229 g/mol. The van der Waals surface area contributed by atoms with Gasteiger partial charge in [-0.3, -0.25) is 4.79 Å². The van der Waals surface area contributed by atoms with Crippen LogP contribution in [0.4, 0.5) is 0 Å². The lowest BCUT2D eigenvalue weighted by Gasteiger charge is -2.21. The first-order valence-electron chi connectivity index (χ1n) is 5.79. The number of unbranched alkanes of at least 4 members (excludes halogenated alkanes) is 2. The van der Waals surface area contributed by atoms with Crippen molar-refractivity contribution in [2.24, 2.45) is 11.7 Å². The molecule has 0 aromatic rings. The fourth-order valence-corrected chi connectivity index (χ4v) is 1.30. The van der Waals surface area contributed by atoms with Crippen molar-refractivity contribution in [2.45, 2.75) is 52.1 Å². The molecule has 1 atom stereocenters. The van der Waals surface area contributed by atoms with Crippen molar-refractivity contribution < 1.29 is 14.3 Å². The summed E-state index contributed by atoms with van der Waals surface area (Å²) in [6.45, 7) is 6.03. The molecule has 0 bridgehead atoms. The Hall–Kier alpha value is -0.900. The van der Waals surface area contributed by atoms with E-state index in [1.807, 2.05) is 0 Å². The van der Waals surface area contributed by atoms with Crippen LogP contribution in [0.25, 0.3) is 0 Å². The summed E-state index contributed by atoms with van der Waals surface area (Å²) < 4.78 is 5.15. The Morgan fingerprint density at radius 3 is 2.38 bits per heavy atom. The lowest BCUT2D eigenvalue weighted by Crippen LogP contribution is -2.29. The number of carbonyl (C=O) groups is 2. The van der Waals surface area contributed by atoms with Gasteiger partial charge in [-0.15, -0.1) is 0 Å². The van der Waals surface area contributed by atoms with Crippen LogP contribution < -0.4 is 5.73 Å². The molecular formula is C12H23NO3. The average molecular weight is 229 g/mol. The van der Waals surface area contributed by atoms with Gasteiger partial charge in [-0.25, -0.2) is 0 Å². The van der Waals surface area contributed by atoms with Crippen LogP contribution in [-0.2, 0) is 14.3 Å². The molecule has 0 aromatic carbocycles. The van der Waals surface area contributed by atoms with Gasteiger partial charge in [0.1, 0.15) is 17.8 Å². The molecule has 0 saturated heterocycles. The number of nitrogens with two attached hydrogens (primary N) is 1. The van der Waals surface area contributed by atoms with E-state index in [2.05, 4.69) is 0 Å². The van der Waals surface area contributed by atoms with Crippen molar-refractivity contribution in [3.63, 3.8) is 0 Å². The minimum Gasteiger partial charge on any atom is -0.459 e. The Morgan fingerprint density at radius 1 is 1.31 bits per heavy atom. The predicted octanol–water partition coefficient (Wildman–Crippen LogP) is 1.66. The molecule has 0 fully saturated rings. The molecule has 0 aromatic heterocycles. The number of ether oxygens (including phenoxy) is 1. The highest BCUT2D eigenvalue weighted by atomic mass is 16.6. The Labute approximate surface area is 97.5 Å². The Kier molecular flexibility index (Phi) is 6.97. The third kappa shape index (κ3) is 7.40. The van der Waals surface area contributed by atoms with Gasteiger partial charge in [0, 0.05) is 0 Å². The second-order valence-electron chi connectivity index (χ2n) is 4.91. The molecule has 0 saturated carbocycles. The number of rotatable bonds is 7. The van der Waals surface area contributed by atoms with Gasteiger partial charge < -0.3 is 15.3 Å². The minimum atomic E-state index is -0.628. The van der Waals surface area contributed by atoms with Gasteiger partial charge in [-0.2, -0.15) is 0 Å². The van der Waals surface area contributed by atoms with Crippen LogP contribution in [0.3, 0.4) is 0 Å². The smallest absolute Gasteiger partial charge is 0.316 e. The van der Waals surface area contributed by atoms with Crippen LogP contribution in [0.15, 0.2) is 0 Å². The summed E-state index contributed by atoms with van der Waals surface area (Å²) in [5.74, 6) is -1.05. The van der Waals surface area contributed by atoms with E-state index < -0.39 is 17.5 Å². The summed E-state index contributed by atoms with van der Waals surface area (Å²) in [6.07, 6.45) is 3.94. The van der Waals surface area contributed by atoms with Gasteiger partial charge in [-0.1, -0.05) is 12.8 Å². The molecule has 0 aliphatic carbocycles. The summed E-state index contributed by atoms with van der Waals surface area (Å²) in [5.41, 5.74) is 4.83. The molecule has 0 radical (unpaired) electrons. The minimum absolute atomic E-state index is 0.421. The zero-order chi connectivity index (χ0) is 12.6. The Bertz CT molecular complexity index is 221. The fourth-order valence-electron chi connectivity index (χ4n) is 1.30. The molecular weight excluding hydrogens is 206 g/mol. The molecule has 0 heterocycles. The highest BCUT2D eigenvalue weighted by molar-refractivity contribution is 5.87. The van der Waals surface area contributed by atoms with Crippen LogP contribution >= 0.6 is 0 Å². The van der Waals surface area contributed by atoms with Crippen molar-refractivity contribution in [1.29, 1.82) is 0 Å². The second-order valence-corrected chi connectivity index (χ2v) is 4.91. The average Bonchev–Trinajstić information content (AvgIpc) is 2.15. The summed E-state index contributed by atoms with van der Waals surface area (Å²) in [6, 6.07) is 0. The van der Waals surface area contributed by atoms with Crippen LogP contribution in [0.5, 0.6) is 0 Å². The lowest BCUT2D eigenvalue weighted by atomic mass is 10.0. The van der Waals surface area contributed by atoms with Gasteiger partial charge >= 0.3 is 5.97 Å². The summed E-state index contributed by atoms with van der Waals surface area (Å²) in [4.78, 5) is 22.3. The van der Waals surface area contributed by atoms with E-state index in [1.54, 1.807) is 20.8 Å². The number of carbonyl (C=O) groups excluding carboxylic acids is 2. The van der Waals surface area contributed by atoms with Gasteiger partial charge in [0.05, 0.1) is 0 Å². The number of aldehydes is 1. The van der Waals surface area contributed by atoms with Crippen LogP contribution in [-0.4, -0.2) is 24.4 Å². The van der Waals surface area contributed by atoms with Crippen molar-refractivity contribution >= 4 is 12.3 Å². The number of hydrogen-bond acceptors (Lipinski definition) is 4. The van der Waals surface area contributed by atoms with E-state index in [4.69, 9.17) is 10.5 Å². The highest BCUT2D eigenvalue weighted by Gasteiger charge is 2.24. The summed E-state index contributed by atoms with van der Waals surface area (Å²) in [5, 5.41) is 0. The molecule has 0 aliphatic heterocycles. The van der Waals surface area contributed by atoms with Crippen LogP contribution in [0.1, 0.15) is 46.5 Å². The van der Waals surface area contributed by atoms with E-state index in [-0.39, 0.29) is 0 Å². The molecule has 94 valence electrons. The quantitative estimate of drug-likeness (QED) is 0.312. The highest BCUT2D eigenvalue weighted by Crippen LogP contribution is 2.14. The zero-order valence-corrected chi connectivity index (χ0v) is 10.5. The molecule has 1 unspecified atom stereocenters. The molecule has 4 nitrogen and oxygen atoms in total. The maximum atomic E-state index is 11.6. The molecule has 0 amide bonds. The SMILES string of the molecule is CC(C)(C)OC(=O)C(C=O)CCCCCN. The fraction of sp³-hybridized carbons (Fsp3) is 0.833. The van der Waals surface area contributed by atoms with Crippen molar-refractivity contribution in [1.82, 2.24) is 0 Å². The number of esters is 1. The van der Waals surface area contributed by atoms with Gasteiger partial charge in [0.25, 0.3) is 0 Å². The normalized spacial score (nSPS) is 13.2. The number of hydrogen-bond donors (Lipinski definition) is 1. The Balaban J connectivity index is 3.98. The second kappa shape index (κ2) is 7.39. The van der Waals surface area contributed by atoms with Gasteiger partial charge in [0.15, 0.2) is 0 Å². The van der Waals surface area contributed by atoms with Gasteiger partial charge in [0.2, 0.25) is 0 Å². The maximum Gasteiger partial charge on any atom is 0.316 e. The lowest BCUT2D eigenvalue weighted by molar-refractivity contribution is -0.160. The molecule has 0 rings (SSSR count). The molecule has 0 aliphatic rings. The van der Waals surface area contributed by atoms with Crippen molar-refractivity contribution in [2.75, 3.05) is 6.54 Å².